The van der Waals surface area contributed by atoms with Crippen LogP contribution in [0.25, 0.3) is 0 Å². The number of sulfonamides is 1. The largest absolute Gasteiger partial charge is 0.497 e. The molecule has 0 unspecified atom stereocenters. The molecule has 206 valence electrons. The molecule has 2 aromatic carbocycles. The number of carbonyl (C=O) groups is 2. The highest BCUT2D eigenvalue weighted by molar-refractivity contribution is 7.89. The number of nitrogens with zero attached hydrogens (tertiary/aromatic N) is 2. The zero-order chi connectivity index (χ0) is 27.6. The first kappa shape index (κ1) is 27.9. The van der Waals surface area contributed by atoms with Gasteiger partial charge in [-0.05, 0) is 62.2 Å². The Morgan fingerprint density at radius 1 is 1.24 bits per heavy atom. The molecule has 0 radical (unpaired) electrons. The average Bonchev–Trinajstić information content (AvgIpc) is 3.76. The van der Waals surface area contributed by atoms with Gasteiger partial charge in [0.25, 0.3) is 5.91 Å². The number of amides is 2. The first-order valence-corrected chi connectivity index (χ1v) is 14.1. The number of rotatable bonds is 9. The molecule has 0 bridgehead atoms. The van der Waals surface area contributed by atoms with E-state index >= 15 is 0 Å². The number of aliphatic hydroxyl groups excluding tert-OH is 1. The van der Waals surface area contributed by atoms with Crippen LogP contribution in [0.3, 0.4) is 0 Å². The SMILES string of the molecule is COc1ccc(S(=O)(=O)N(C)C[C@@H]2Oc3ccc(NC(=O)C4CC4)cc3C(=O)N([C@H](C)CO)C[C@@H]2C)cc1. The van der Waals surface area contributed by atoms with Crippen LogP contribution in [0.5, 0.6) is 11.5 Å². The molecule has 2 amide bonds. The second-order valence-corrected chi connectivity index (χ2v) is 12.1. The van der Waals surface area contributed by atoms with Crippen LogP contribution in [0.15, 0.2) is 47.4 Å². The van der Waals surface area contributed by atoms with Crippen molar-refractivity contribution >= 4 is 27.5 Å². The first-order valence-electron chi connectivity index (χ1n) is 12.7. The molecule has 1 heterocycles. The Hall–Kier alpha value is -3.15. The van der Waals surface area contributed by atoms with Crippen molar-refractivity contribution in [3.63, 3.8) is 0 Å². The van der Waals surface area contributed by atoms with Gasteiger partial charge in [-0.3, -0.25) is 9.59 Å². The first-order chi connectivity index (χ1) is 18.0. The second kappa shape index (κ2) is 11.3. The molecule has 1 aliphatic heterocycles. The lowest BCUT2D eigenvalue weighted by molar-refractivity contribution is -0.117. The number of fused-ring (bicyclic) bond motifs is 1. The molecule has 4 rings (SSSR count). The summed E-state index contributed by atoms with van der Waals surface area (Å²) in [6.07, 6.45) is 1.11. The van der Waals surface area contributed by atoms with E-state index in [1.165, 1.54) is 30.6 Å². The van der Waals surface area contributed by atoms with Crippen LogP contribution < -0.4 is 14.8 Å². The van der Waals surface area contributed by atoms with E-state index in [4.69, 9.17) is 9.47 Å². The van der Waals surface area contributed by atoms with Crippen molar-refractivity contribution in [3.05, 3.63) is 48.0 Å². The van der Waals surface area contributed by atoms with Gasteiger partial charge in [-0.1, -0.05) is 6.92 Å². The maximum absolute atomic E-state index is 13.6. The van der Waals surface area contributed by atoms with E-state index < -0.39 is 22.2 Å². The number of hydrogen-bond acceptors (Lipinski definition) is 7. The van der Waals surface area contributed by atoms with Crippen molar-refractivity contribution in [2.45, 2.75) is 43.7 Å². The monoisotopic (exact) mass is 545 g/mol. The van der Waals surface area contributed by atoms with Crippen molar-refractivity contribution in [3.8, 4) is 11.5 Å². The van der Waals surface area contributed by atoms with Gasteiger partial charge in [0.1, 0.15) is 17.6 Å². The van der Waals surface area contributed by atoms with Crippen molar-refractivity contribution in [1.29, 1.82) is 0 Å². The van der Waals surface area contributed by atoms with Crippen LogP contribution in [0.2, 0.25) is 0 Å². The molecule has 38 heavy (non-hydrogen) atoms. The number of benzene rings is 2. The van der Waals surface area contributed by atoms with Gasteiger partial charge in [0.05, 0.1) is 36.8 Å². The van der Waals surface area contributed by atoms with Crippen molar-refractivity contribution < 1.29 is 32.6 Å². The molecular weight excluding hydrogens is 510 g/mol. The Morgan fingerprint density at radius 3 is 2.53 bits per heavy atom. The highest BCUT2D eigenvalue weighted by Gasteiger charge is 2.36. The maximum atomic E-state index is 13.6. The minimum Gasteiger partial charge on any atom is -0.497 e. The number of ether oxygens (including phenoxy) is 2. The van der Waals surface area contributed by atoms with Gasteiger partial charge in [-0.25, -0.2) is 8.42 Å². The van der Waals surface area contributed by atoms with Gasteiger partial charge in [0.2, 0.25) is 15.9 Å². The molecule has 2 N–H and O–H groups in total. The predicted molar refractivity (Wildman–Crippen MR) is 142 cm³/mol. The second-order valence-electron chi connectivity index (χ2n) is 10.1. The number of aliphatic hydroxyl groups is 1. The van der Waals surface area contributed by atoms with E-state index in [0.29, 0.717) is 17.2 Å². The van der Waals surface area contributed by atoms with Crippen LogP contribution in [0.1, 0.15) is 37.0 Å². The lowest BCUT2D eigenvalue weighted by Crippen LogP contribution is -2.50. The van der Waals surface area contributed by atoms with E-state index in [1.54, 1.807) is 42.2 Å². The van der Waals surface area contributed by atoms with Gasteiger partial charge >= 0.3 is 0 Å². The fourth-order valence-corrected chi connectivity index (χ4v) is 5.57. The lowest BCUT2D eigenvalue weighted by Gasteiger charge is -2.38. The third-order valence-electron chi connectivity index (χ3n) is 7.09. The highest BCUT2D eigenvalue weighted by Crippen LogP contribution is 2.33. The fourth-order valence-electron chi connectivity index (χ4n) is 4.39. The number of nitrogens with one attached hydrogen (secondary N) is 1. The maximum Gasteiger partial charge on any atom is 0.258 e. The summed E-state index contributed by atoms with van der Waals surface area (Å²) in [6, 6.07) is 10.6. The average molecular weight is 546 g/mol. The molecule has 10 nitrogen and oxygen atoms in total. The third-order valence-corrected chi connectivity index (χ3v) is 8.92. The molecule has 0 saturated heterocycles. The van der Waals surface area contributed by atoms with Crippen LogP contribution in [-0.4, -0.2) is 80.5 Å². The Bertz CT molecular complexity index is 1280. The van der Waals surface area contributed by atoms with Crippen molar-refractivity contribution in [2.75, 3.05) is 39.2 Å². The highest BCUT2D eigenvalue weighted by atomic mass is 32.2. The summed E-state index contributed by atoms with van der Waals surface area (Å²) < 4.78 is 39.2. The van der Waals surface area contributed by atoms with Gasteiger partial charge in [-0.2, -0.15) is 4.31 Å². The van der Waals surface area contributed by atoms with Crippen LogP contribution in [-0.2, 0) is 14.8 Å². The van der Waals surface area contributed by atoms with E-state index in [9.17, 15) is 23.1 Å². The molecule has 3 atom stereocenters. The molecule has 2 aromatic rings. The number of anilines is 1. The quantitative estimate of drug-likeness (QED) is 0.496. The Labute approximate surface area is 223 Å². The normalized spacial score (nSPS) is 20.7. The Kier molecular flexibility index (Phi) is 8.29. The van der Waals surface area contributed by atoms with Crippen LogP contribution in [0.4, 0.5) is 5.69 Å². The standard InChI is InChI=1S/C27H35N3O7S/c1-17-14-30(18(2)16-31)27(33)23-13-20(28-26(32)19-5-6-19)7-12-24(23)37-25(17)15-29(3)38(34,35)22-10-8-21(36-4)9-11-22/h7-13,17-19,25,31H,5-6,14-16H2,1-4H3,(H,28,32)/t17-,18+,25-/m0/s1. The molecule has 1 saturated carbocycles. The Morgan fingerprint density at radius 2 is 1.92 bits per heavy atom. The summed E-state index contributed by atoms with van der Waals surface area (Å²) in [5, 5.41) is 12.7. The van der Waals surface area contributed by atoms with Crippen molar-refractivity contribution in [1.82, 2.24) is 9.21 Å². The summed E-state index contributed by atoms with van der Waals surface area (Å²) in [4.78, 5) is 27.5. The number of hydrogen-bond donors (Lipinski definition) is 2. The summed E-state index contributed by atoms with van der Waals surface area (Å²) >= 11 is 0. The number of methoxy groups -OCH3 is 1. The Balaban J connectivity index is 1.63. The van der Waals surface area contributed by atoms with Gasteiger partial charge in [0, 0.05) is 31.1 Å². The van der Waals surface area contributed by atoms with Gasteiger partial charge in [0.15, 0.2) is 0 Å². The molecule has 1 aliphatic carbocycles. The molecule has 2 aliphatic rings. The van der Waals surface area contributed by atoms with Crippen molar-refractivity contribution in [2.24, 2.45) is 11.8 Å². The zero-order valence-corrected chi connectivity index (χ0v) is 22.9. The summed E-state index contributed by atoms with van der Waals surface area (Å²) in [5.74, 6) is 0.180. The molecule has 11 heteroatoms. The fraction of sp³-hybridized carbons (Fsp3) is 0.481. The van der Waals surface area contributed by atoms with Crippen LogP contribution in [0, 0.1) is 11.8 Å². The zero-order valence-electron chi connectivity index (χ0n) is 22.1. The van der Waals surface area contributed by atoms with Gasteiger partial charge in [-0.15, -0.1) is 0 Å². The smallest absolute Gasteiger partial charge is 0.258 e. The number of likely N-dealkylation sites (N-methyl/N-ethyl adjacent to an activating group) is 1. The predicted octanol–water partition coefficient (Wildman–Crippen LogP) is 2.58. The minimum atomic E-state index is -3.82. The molecule has 0 aromatic heterocycles. The topological polar surface area (TPSA) is 125 Å². The van der Waals surface area contributed by atoms with E-state index in [2.05, 4.69) is 5.32 Å². The summed E-state index contributed by atoms with van der Waals surface area (Å²) in [5.41, 5.74) is 0.732. The molecule has 0 spiro atoms. The van der Waals surface area contributed by atoms with Crippen LogP contribution >= 0.6 is 0 Å². The van der Waals surface area contributed by atoms with E-state index in [0.717, 1.165) is 12.8 Å². The third kappa shape index (κ3) is 5.95. The van der Waals surface area contributed by atoms with Gasteiger partial charge < -0.3 is 24.8 Å². The van der Waals surface area contributed by atoms with E-state index in [1.807, 2.05) is 6.92 Å². The summed E-state index contributed by atoms with van der Waals surface area (Å²) in [7, 11) is -0.822. The van der Waals surface area contributed by atoms with E-state index in [-0.39, 0.29) is 53.8 Å². The minimum absolute atomic E-state index is 0.00305. The molecule has 1 fully saturated rings. The number of carbonyl (C=O) groups excluding carboxylic acids is 2. The molecular formula is C27H35N3O7S. The summed E-state index contributed by atoms with van der Waals surface area (Å²) in [6.45, 7) is 3.69. The lowest BCUT2D eigenvalue weighted by atomic mass is 9.99.